The highest BCUT2D eigenvalue weighted by molar-refractivity contribution is 6.20. The van der Waals surface area contributed by atoms with Crippen LogP contribution in [0.5, 0.6) is 0 Å². The number of anilines is 1. The quantitative estimate of drug-likeness (QED) is 0.697. The first-order chi connectivity index (χ1) is 15.6. The van der Waals surface area contributed by atoms with Gasteiger partial charge in [0, 0.05) is 24.4 Å². The molecule has 2 unspecified atom stereocenters. The number of barbiturate groups is 1. The van der Waals surface area contributed by atoms with Crippen molar-refractivity contribution in [1.29, 1.82) is 0 Å². The fraction of sp³-hybridized carbons (Fsp3) is 0.520. The number of fused-ring (bicyclic) bond motifs is 5. The number of imide groups is 2. The lowest BCUT2D eigenvalue weighted by Crippen LogP contribution is -2.73. The van der Waals surface area contributed by atoms with E-state index in [4.69, 9.17) is 4.98 Å². The molecule has 32 heavy (non-hydrogen) atoms. The first-order valence-electron chi connectivity index (χ1n) is 11.9. The molecule has 1 aromatic carbocycles. The van der Waals surface area contributed by atoms with Crippen LogP contribution in [0.1, 0.15) is 56.9 Å². The first-order valence-corrected chi connectivity index (χ1v) is 11.9. The summed E-state index contributed by atoms with van der Waals surface area (Å²) < 4.78 is 0. The van der Waals surface area contributed by atoms with Gasteiger partial charge in [0.15, 0.2) is 5.41 Å². The Morgan fingerprint density at radius 3 is 2.59 bits per heavy atom. The van der Waals surface area contributed by atoms with Gasteiger partial charge < -0.3 is 4.90 Å². The number of para-hydroxylation sites is 1. The van der Waals surface area contributed by atoms with Crippen LogP contribution in [0.3, 0.4) is 0 Å². The number of urea groups is 1. The van der Waals surface area contributed by atoms with E-state index in [2.05, 4.69) is 16.3 Å². The number of aromatic nitrogens is 1. The molecular weight excluding hydrogens is 404 g/mol. The third-order valence-corrected chi connectivity index (χ3v) is 7.98. The third-order valence-electron chi connectivity index (χ3n) is 7.98. The molecule has 7 heteroatoms. The van der Waals surface area contributed by atoms with E-state index < -0.39 is 17.4 Å². The minimum atomic E-state index is -1.27. The third kappa shape index (κ3) is 2.72. The number of pyridine rings is 1. The van der Waals surface area contributed by atoms with Crippen molar-refractivity contribution in [1.82, 2.24) is 15.2 Å². The van der Waals surface area contributed by atoms with Gasteiger partial charge in [-0.1, -0.05) is 37.5 Å². The van der Waals surface area contributed by atoms with E-state index in [0.717, 1.165) is 80.2 Å². The molecule has 3 aliphatic heterocycles. The van der Waals surface area contributed by atoms with Crippen molar-refractivity contribution in [2.45, 2.75) is 69.9 Å². The van der Waals surface area contributed by atoms with Gasteiger partial charge in [-0.25, -0.2) is 9.78 Å². The van der Waals surface area contributed by atoms with Crippen LogP contribution in [0.4, 0.5) is 10.6 Å². The van der Waals surface area contributed by atoms with Crippen molar-refractivity contribution in [3.05, 3.63) is 35.9 Å². The van der Waals surface area contributed by atoms with Crippen molar-refractivity contribution < 1.29 is 14.4 Å². The summed E-state index contributed by atoms with van der Waals surface area (Å²) in [7, 11) is 0. The van der Waals surface area contributed by atoms with E-state index in [0.29, 0.717) is 6.42 Å². The number of carbonyl (C=O) groups excluding carboxylic acids is 3. The topological polar surface area (TPSA) is 82.6 Å². The van der Waals surface area contributed by atoms with E-state index in [9.17, 15) is 14.4 Å². The van der Waals surface area contributed by atoms with Crippen molar-refractivity contribution >= 4 is 34.6 Å². The zero-order chi connectivity index (χ0) is 21.9. The summed E-state index contributed by atoms with van der Waals surface area (Å²) in [6, 6.07) is 9.11. The van der Waals surface area contributed by atoms with E-state index in [1.807, 2.05) is 24.3 Å². The number of piperidine rings is 1. The summed E-state index contributed by atoms with van der Waals surface area (Å²) in [5, 5.41) is 3.60. The molecule has 4 aliphatic rings. The maximum atomic E-state index is 14.1. The molecule has 0 radical (unpaired) electrons. The summed E-state index contributed by atoms with van der Waals surface area (Å²) in [6.07, 6.45) is 7.80. The largest absolute Gasteiger partial charge is 0.352 e. The number of benzene rings is 1. The summed E-state index contributed by atoms with van der Waals surface area (Å²) in [6.45, 7) is 0.767. The predicted molar refractivity (Wildman–Crippen MR) is 120 cm³/mol. The Bertz CT molecular complexity index is 1130. The number of hydrogen-bond acceptors (Lipinski definition) is 5. The van der Waals surface area contributed by atoms with Crippen LogP contribution in [-0.2, 0) is 16.0 Å². The van der Waals surface area contributed by atoms with E-state index in [-0.39, 0.29) is 18.0 Å². The fourth-order valence-corrected chi connectivity index (χ4v) is 6.44. The lowest BCUT2D eigenvalue weighted by Gasteiger charge is -2.54. The van der Waals surface area contributed by atoms with Gasteiger partial charge in [-0.15, -0.1) is 0 Å². The van der Waals surface area contributed by atoms with Crippen LogP contribution in [0, 0.1) is 5.41 Å². The molecule has 2 aromatic rings. The Hall–Kier alpha value is -2.96. The summed E-state index contributed by atoms with van der Waals surface area (Å²) in [4.78, 5) is 49.1. The average molecular weight is 433 g/mol. The molecule has 7 nitrogen and oxygen atoms in total. The molecule has 1 N–H and O–H groups in total. The number of nitrogens with zero attached hydrogens (tertiary/aromatic N) is 3. The van der Waals surface area contributed by atoms with E-state index >= 15 is 0 Å². The average Bonchev–Trinajstić information content (AvgIpc) is 2.82. The van der Waals surface area contributed by atoms with E-state index in [1.165, 1.54) is 4.90 Å². The molecule has 6 rings (SSSR count). The minimum absolute atomic E-state index is 0.116. The number of hydrogen-bond donors (Lipinski definition) is 1. The minimum Gasteiger partial charge on any atom is -0.352 e. The predicted octanol–water partition coefficient (Wildman–Crippen LogP) is 3.55. The Morgan fingerprint density at radius 2 is 1.75 bits per heavy atom. The molecular formula is C25H28N4O3. The van der Waals surface area contributed by atoms with Gasteiger partial charge >= 0.3 is 6.03 Å². The molecule has 2 atom stereocenters. The van der Waals surface area contributed by atoms with Crippen LogP contribution < -0.4 is 10.2 Å². The monoisotopic (exact) mass is 432 g/mol. The molecule has 1 saturated carbocycles. The number of carbonyl (C=O) groups is 3. The highest BCUT2D eigenvalue weighted by Crippen LogP contribution is 2.48. The van der Waals surface area contributed by atoms with Crippen LogP contribution >= 0.6 is 0 Å². The van der Waals surface area contributed by atoms with Crippen LogP contribution in [0.15, 0.2) is 30.3 Å². The normalized spacial score (nSPS) is 28.6. The standard InChI is InChI=1S/C25H28N4O3/c30-22-25(23(31)29(24(32)27-22)18-9-2-1-3-10-18)15-17-14-16-8-4-5-11-19(16)26-21(17)28-13-7-6-12-20(25)28/h4-5,8,11,14,18,20H,1-3,6-7,9-10,12-13,15H2,(H,27,30,32). The second-order valence-corrected chi connectivity index (χ2v) is 9.74. The van der Waals surface area contributed by atoms with Gasteiger partial charge in [0.25, 0.3) is 0 Å². The molecule has 1 aliphatic carbocycles. The Morgan fingerprint density at radius 1 is 0.969 bits per heavy atom. The Balaban J connectivity index is 1.49. The maximum absolute atomic E-state index is 14.1. The summed E-state index contributed by atoms with van der Waals surface area (Å²) in [5.41, 5.74) is 0.566. The lowest BCUT2D eigenvalue weighted by molar-refractivity contribution is -0.156. The van der Waals surface area contributed by atoms with E-state index in [1.54, 1.807) is 0 Å². The van der Waals surface area contributed by atoms with Crippen LogP contribution in [-0.4, -0.2) is 46.4 Å². The number of amides is 4. The molecule has 0 bridgehead atoms. The first kappa shape index (κ1) is 19.7. The second-order valence-electron chi connectivity index (χ2n) is 9.74. The Kier molecular flexibility index (Phi) is 4.49. The molecule has 3 fully saturated rings. The maximum Gasteiger partial charge on any atom is 0.331 e. The van der Waals surface area contributed by atoms with Crippen molar-refractivity contribution in [2.75, 3.05) is 11.4 Å². The molecule has 4 amide bonds. The molecule has 1 aromatic heterocycles. The fourth-order valence-electron chi connectivity index (χ4n) is 6.44. The highest BCUT2D eigenvalue weighted by Gasteiger charge is 2.63. The van der Waals surface area contributed by atoms with Gasteiger partial charge in [0.2, 0.25) is 11.8 Å². The van der Waals surface area contributed by atoms with Crippen LogP contribution in [0.2, 0.25) is 0 Å². The van der Waals surface area contributed by atoms with Gasteiger partial charge in [-0.2, -0.15) is 0 Å². The Labute approximate surface area is 187 Å². The zero-order valence-corrected chi connectivity index (χ0v) is 18.2. The molecule has 1 spiro atoms. The second kappa shape index (κ2) is 7.29. The van der Waals surface area contributed by atoms with Gasteiger partial charge in [0.05, 0.1) is 11.6 Å². The van der Waals surface area contributed by atoms with Gasteiger partial charge in [-0.3, -0.25) is 19.8 Å². The lowest BCUT2D eigenvalue weighted by atomic mass is 9.66. The number of rotatable bonds is 1. The van der Waals surface area contributed by atoms with Gasteiger partial charge in [-0.05, 0) is 49.8 Å². The molecule has 4 heterocycles. The van der Waals surface area contributed by atoms with Crippen molar-refractivity contribution in [3.63, 3.8) is 0 Å². The summed E-state index contributed by atoms with van der Waals surface area (Å²) >= 11 is 0. The van der Waals surface area contributed by atoms with Crippen LogP contribution in [0.25, 0.3) is 10.9 Å². The number of nitrogens with one attached hydrogen (secondary N) is 1. The van der Waals surface area contributed by atoms with Crippen molar-refractivity contribution in [2.24, 2.45) is 5.41 Å². The molecule has 2 saturated heterocycles. The zero-order valence-electron chi connectivity index (χ0n) is 18.2. The highest BCUT2D eigenvalue weighted by atomic mass is 16.2. The van der Waals surface area contributed by atoms with Crippen molar-refractivity contribution in [3.8, 4) is 0 Å². The van der Waals surface area contributed by atoms with Gasteiger partial charge in [0.1, 0.15) is 5.82 Å². The molecule has 166 valence electrons. The SMILES string of the molecule is O=C1NC(=O)C2(Cc3cc4ccccc4nc3N3CCCCC32)C(=O)N1C1CCCCC1. The smallest absolute Gasteiger partial charge is 0.331 e. The summed E-state index contributed by atoms with van der Waals surface area (Å²) in [5.74, 6) is 0.157.